The number of methoxy groups -OCH3 is 1. The first-order valence-corrected chi connectivity index (χ1v) is 11.6. The van der Waals surface area contributed by atoms with Crippen molar-refractivity contribution in [2.45, 2.75) is 31.1 Å². The maximum absolute atomic E-state index is 12.7. The highest BCUT2D eigenvalue weighted by molar-refractivity contribution is 7.91. The van der Waals surface area contributed by atoms with Crippen LogP contribution in [0.3, 0.4) is 0 Å². The zero-order valence-corrected chi connectivity index (χ0v) is 18.3. The van der Waals surface area contributed by atoms with E-state index in [1.165, 1.54) is 19.2 Å². The zero-order valence-electron chi connectivity index (χ0n) is 16.8. The predicted molar refractivity (Wildman–Crippen MR) is 116 cm³/mol. The Morgan fingerprint density at radius 1 is 1.20 bits per heavy atom. The number of benzene rings is 2. The van der Waals surface area contributed by atoms with E-state index in [-0.39, 0.29) is 23.0 Å². The third kappa shape index (κ3) is 4.76. The lowest BCUT2D eigenvalue weighted by Crippen LogP contribution is -2.27. The second kappa shape index (κ2) is 9.06. The maximum atomic E-state index is 12.7. The Kier molecular flexibility index (Phi) is 6.67. The molecule has 7 nitrogen and oxygen atoms in total. The van der Waals surface area contributed by atoms with E-state index in [1.807, 2.05) is 0 Å². The number of fused-ring (bicyclic) bond motifs is 1. The van der Waals surface area contributed by atoms with Crippen molar-refractivity contribution in [1.29, 1.82) is 0 Å². The number of ether oxygens (including phenoxy) is 1. The molecule has 0 unspecified atom stereocenters. The summed E-state index contributed by atoms with van der Waals surface area (Å²) < 4.78 is 30.5. The van der Waals surface area contributed by atoms with E-state index >= 15 is 0 Å². The van der Waals surface area contributed by atoms with E-state index in [9.17, 15) is 18.0 Å². The quantitative estimate of drug-likeness (QED) is 0.697. The van der Waals surface area contributed by atoms with E-state index in [0.29, 0.717) is 35.8 Å². The summed E-state index contributed by atoms with van der Waals surface area (Å²) in [6.07, 6.45) is 0.820. The first kappa shape index (κ1) is 22.1. The molecular weight excluding hydrogens is 428 g/mol. The smallest absolute Gasteiger partial charge is 0.226 e. The fourth-order valence-corrected chi connectivity index (χ4v) is 4.88. The van der Waals surface area contributed by atoms with Crippen molar-refractivity contribution in [3.05, 3.63) is 47.0 Å². The largest absolute Gasteiger partial charge is 0.495 e. The zero-order chi connectivity index (χ0) is 21.9. The number of rotatable bonds is 7. The van der Waals surface area contributed by atoms with Crippen LogP contribution < -0.4 is 15.0 Å². The summed E-state index contributed by atoms with van der Waals surface area (Å²) in [5.74, 6) is -0.257. The van der Waals surface area contributed by atoms with Crippen LogP contribution in [0.4, 0.5) is 11.4 Å². The lowest BCUT2D eigenvalue weighted by molar-refractivity contribution is -0.118. The molecule has 0 aliphatic carbocycles. The topological polar surface area (TPSA) is 92.8 Å². The molecule has 1 N–H and O–H groups in total. The molecule has 2 aromatic rings. The molecule has 9 heteroatoms. The number of hydrogen-bond donors (Lipinski definition) is 1. The normalized spacial score (nSPS) is 13.1. The highest BCUT2D eigenvalue weighted by atomic mass is 35.5. The molecule has 0 radical (unpaired) electrons. The van der Waals surface area contributed by atoms with Gasteiger partial charge in [-0.1, -0.05) is 18.5 Å². The van der Waals surface area contributed by atoms with Gasteiger partial charge in [-0.2, -0.15) is 0 Å². The van der Waals surface area contributed by atoms with Crippen molar-refractivity contribution in [3.8, 4) is 5.75 Å². The average molecular weight is 451 g/mol. The summed E-state index contributed by atoms with van der Waals surface area (Å²) in [6.45, 7) is 2.35. The van der Waals surface area contributed by atoms with Crippen LogP contribution in [0.5, 0.6) is 5.75 Å². The number of sulfone groups is 1. The molecule has 160 valence electrons. The SMILES string of the molecule is CCC(=O)N1CCc2cc(S(=O)(=O)CCC(=O)Nc3ccc(OC)c(Cl)c3)ccc21. The number of anilines is 2. The Hall–Kier alpha value is -2.58. The number of halogens is 1. The summed E-state index contributed by atoms with van der Waals surface area (Å²) in [5, 5.41) is 2.98. The van der Waals surface area contributed by atoms with Crippen molar-refractivity contribution in [2.24, 2.45) is 0 Å². The van der Waals surface area contributed by atoms with Crippen LogP contribution in [-0.4, -0.2) is 39.6 Å². The molecule has 3 rings (SSSR count). The summed E-state index contributed by atoms with van der Waals surface area (Å²) in [7, 11) is -2.15. The van der Waals surface area contributed by atoms with Gasteiger partial charge in [0.15, 0.2) is 9.84 Å². The molecule has 0 aromatic heterocycles. The Morgan fingerprint density at radius 2 is 1.97 bits per heavy atom. The van der Waals surface area contributed by atoms with Gasteiger partial charge in [0.1, 0.15) is 5.75 Å². The van der Waals surface area contributed by atoms with Crippen molar-refractivity contribution in [3.63, 3.8) is 0 Å². The Bertz CT molecular complexity index is 1080. The van der Waals surface area contributed by atoms with Crippen LogP contribution in [0.15, 0.2) is 41.3 Å². The average Bonchev–Trinajstić information content (AvgIpc) is 3.15. The fraction of sp³-hybridized carbons (Fsp3) is 0.333. The van der Waals surface area contributed by atoms with Crippen LogP contribution in [0.2, 0.25) is 5.02 Å². The Balaban J connectivity index is 1.65. The fourth-order valence-electron chi connectivity index (χ4n) is 3.33. The number of amides is 2. The van der Waals surface area contributed by atoms with Crippen LogP contribution in [0.25, 0.3) is 0 Å². The van der Waals surface area contributed by atoms with E-state index in [2.05, 4.69) is 5.32 Å². The van der Waals surface area contributed by atoms with Crippen LogP contribution in [-0.2, 0) is 25.8 Å². The number of nitrogens with zero attached hydrogens (tertiary/aromatic N) is 1. The summed E-state index contributed by atoms with van der Waals surface area (Å²) in [6, 6.07) is 9.55. The van der Waals surface area contributed by atoms with Gasteiger partial charge in [-0.15, -0.1) is 0 Å². The van der Waals surface area contributed by atoms with E-state index in [4.69, 9.17) is 16.3 Å². The van der Waals surface area contributed by atoms with Gasteiger partial charge in [0.2, 0.25) is 11.8 Å². The molecule has 1 heterocycles. The van der Waals surface area contributed by atoms with E-state index in [1.54, 1.807) is 36.1 Å². The minimum Gasteiger partial charge on any atom is -0.495 e. The van der Waals surface area contributed by atoms with Crippen molar-refractivity contribution in [1.82, 2.24) is 0 Å². The number of carbonyl (C=O) groups excluding carboxylic acids is 2. The third-order valence-corrected chi connectivity index (χ3v) is 6.95. The summed E-state index contributed by atoms with van der Waals surface area (Å²) >= 11 is 6.03. The second-order valence-electron chi connectivity index (χ2n) is 6.91. The molecule has 30 heavy (non-hydrogen) atoms. The van der Waals surface area contributed by atoms with Gasteiger partial charge in [-0.3, -0.25) is 9.59 Å². The minimum atomic E-state index is -3.64. The first-order chi connectivity index (χ1) is 14.2. The van der Waals surface area contributed by atoms with Crippen LogP contribution in [0.1, 0.15) is 25.3 Å². The molecule has 2 amide bonds. The molecule has 0 atom stereocenters. The van der Waals surface area contributed by atoms with E-state index in [0.717, 1.165) is 11.3 Å². The lowest BCUT2D eigenvalue weighted by Gasteiger charge is -2.16. The maximum Gasteiger partial charge on any atom is 0.226 e. The summed E-state index contributed by atoms with van der Waals surface area (Å²) in [4.78, 5) is 26.0. The first-order valence-electron chi connectivity index (χ1n) is 9.54. The second-order valence-corrected chi connectivity index (χ2v) is 9.42. The molecule has 1 aliphatic heterocycles. The number of carbonyl (C=O) groups is 2. The van der Waals surface area contributed by atoms with Crippen LogP contribution in [0, 0.1) is 0 Å². The molecular formula is C21H23ClN2O5S. The van der Waals surface area contributed by atoms with E-state index < -0.39 is 15.7 Å². The van der Waals surface area contributed by atoms with Gasteiger partial charge in [0.05, 0.1) is 22.8 Å². The molecule has 0 spiro atoms. The molecule has 0 fully saturated rings. The van der Waals surface area contributed by atoms with Crippen molar-refractivity contribution >= 4 is 44.6 Å². The molecule has 2 aromatic carbocycles. The minimum absolute atomic E-state index is 0.0136. The Labute approximate surface area is 180 Å². The van der Waals surface area contributed by atoms with Gasteiger partial charge in [0.25, 0.3) is 0 Å². The number of hydrogen-bond acceptors (Lipinski definition) is 5. The highest BCUT2D eigenvalue weighted by Crippen LogP contribution is 2.31. The van der Waals surface area contributed by atoms with Gasteiger partial charge < -0.3 is 15.0 Å². The monoisotopic (exact) mass is 450 g/mol. The van der Waals surface area contributed by atoms with Crippen LogP contribution >= 0.6 is 11.6 Å². The standard InChI is InChI=1S/C21H23ClN2O5S/c1-3-21(26)24-10-8-14-12-16(5-6-18(14)24)30(27,28)11-9-20(25)23-15-4-7-19(29-2)17(22)13-15/h4-7,12-13H,3,8-11H2,1-2H3,(H,23,25). The van der Waals surface area contributed by atoms with Crippen molar-refractivity contribution < 1.29 is 22.7 Å². The molecule has 1 aliphatic rings. The van der Waals surface area contributed by atoms with Gasteiger partial charge in [-0.25, -0.2) is 8.42 Å². The van der Waals surface area contributed by atoms with Gasteiger partial charge in [0, 0.05) is 30.8 Å². The lowest BCUT2D eigenvalue weighted by atomic mass is 10.2. The summed E-state index contributed by atoms with van der Waals surface area (Å²) in [5.41, 5.74) is 2.05. The third-order valence-electron chi connectivity index (χ3n) is 4.94. The van der Waals surface area contributed by atoms with Gasteiger partial charge in [-0.05, 0) is 48.4 Å². The molecule has 0 bridgehead atoms. The molecule has 0 saturated carbocycles. The molecule has 0 saturated heterocycles. The van der Waals surface area contributed by atoms with Gasteiger partial charge >= 0.3 is 0 Å². The predicted octanol–water partition coefficient (Wildman–Crippen LogP) is 3.45. The highest BCUT2D eigenvalue weighted by Gasteiger charge is 2.26. The number of nitrogens with one attached hydrogen (secondary N) is 1. The Morgan fingerprint density at radius 3 is 2.63 bits per heavy atom. The van der Waals surface area contributed by atoms with Crippen molar-refractivity contribution in [2.75, 3.05) is 29.6 Å².